The zero-order valence-corrected chi connectivity index (χ0v) is 20.0. The Hall–Kier alpha value is -2.77. The number of carbonyl (C=O) groups is 1. The number of nitrogens with one attached hydrogen (secondary N) is 3. The first-order valence-corrected chi connectivity index (χ1v) is 12.9. The van der Waals surface area contributed by atoms with Crippen LogP contribution in [0, 0.1) is 11.6 Å². The third-order valence-electron chi connectivity index (χ3n) is 6.09. The molecule has 2 aliphatic rings. The molecule has 1 aromatic carbocycles. The summed E-state index contributed by atoms with van der Waals surface area (Å²) in [5.74, 6) is -1.87. The van der Waals surface area contributed by atoms with E-state index in [2.05, 4.69) is 20.2 Å². The minimum absolute atomic E-state index is 0.0256. The molecule has 1 aliphatic carbocycles. The number of nitrogens with zero attached hydrogens (tertiary/aromatic N) is 2. The fourth-order valence-electron chi connectivity index (χ4n) is 4.31. The number of benzene rings is 1. The molecule has 1 saturated carbocycles. The minimum Gasteiger partial charge on any atom is -0.444 e. The van der Waals surface area contributed by atoms with Crippen molar-refractivity contribution in [2.24, 2.45) is 0 Å². The van der Waals surface area contributed by atoms with Crippen molar-refractivity contribution in [1.82, 2.24) is 20.2 Å². The first kappa shape index (κ1) is 25.3. The maximum atomic E-state index is 13.9. The number of aromatic amines is 1. The number of rotatable bonds is 6. The van der Waals surface area contributed by atoms with E-state index in [1.165, 1.54) is 6.20 Å². The third kappa shape index (κ3) is 6.08. The van der Waals surface area contributed by atoms with E-state index in [1.54, 1.807) is 0 Å². The molecular formula is C21H24ClF2N5O5S. The third-order valence-corrected chi connectivity index (χ3v) is 7.99. The summed E-state index contributed by atoms with van der Waals surface area (Å²) < 4.78 is 60.1. The molecule has 0 unspecified atom stereocenters. The van der Waals surface area contributed by atoms with E-state index in [0.29, 0.717) is 56.9 Å². The summed E-state index contributed by atoms with van der Waals surface area (Å²) in [6.45, 7) is 0.906. The Balaban J connectivity index is 1.23. The predicted octanol–water partition coefficient (Wildman–Crippen LogP) is 2.30. The molecule has 1 amide bonds. The van der Waals surface area contributed by atoms with Crippen molar-refractivity contribution in [2.45, 2.75) is 55.2 Å². The van der Waals surface area contributed by atoms with Gasteiger partial charge in [0.2, 0.25) is 10.0 Å². The lowest BCUT2D eigenvalue weighted by atomic mass is 9.92. The van der Waals surface area contributed by atoms with Crippen molar-refractivity contribution in [3.05, 3.63) is 51.4 Å². The number of amides is 1. The van der Waals surface area contributed by atoms with E-state index in [-0.39, 0.29) is 11.1 Å². The Morgan fingerprint density at radius 3 is 2.63 bits per heavy atom. The second-order valence-corrected chi connectivity index (χ2v) is 10.6. The van der Waals surface area contributed by atoms with Crippen LogP contribution in [-0.2, 0) is 14.8 Å². The molecule has 2 fully saturated rings. The molecule has 2 heterocycles. The topological polar surface area (TPSA) is 133 Å². The number of alkyl carbamates (subject to hydrolysis) is 1. The van der Waals surface area contributed by atoms with Gasteiger partial charge in [-0.2, -0.15) is 5.10 Å². The van der Waals surface area contributed by atoms with E-state index in [4.69, 9.17) is 16.3 Å². The van der Waals surface area contributed by atoms with Crippen LogP contribution in [0.2, 0.25) is 5.02 Å². The molecular weight excluding hydrogens is 508 g/mol. The molecule has 4 rings (SSSR count). The normalized spacial score (nSPS) is 22.7. The molecule has 0 radical (unpaired) electrons. The van der Waals surface area contributed by atoms with Gasteiger partial charge >= 0.3 is 6.09 Å². The molecule has 1 atom stereocenters. The number of ether oxygens (including phenoxy) is 1. The monoisotopic (exact) mass is 531 g/mol. The average molecular weight is 532 g/mol. The molecule has 3 N–H and O–H groups in total. The summed E-state index contributed by atoms with van der Waals surface area (Å²) in [4.78, 5) is 25.1. The van der Waals surface area contributed by atoms with Gasteiger partial charge in [0.15, 0.2) is 0 Å². The van der Waals surface area contributed by atoms with Gasteiger partial charge in [0.05, 0.1) is 18.4 Å². The minimum atomic E-state index is -4.22. The molecule has 1 aromatic heterocycles. The Labute approximate surface area is 205 Å². The number of anilines is 1. The number of hydrogen-bond donors (Lipinski definition) is 3. The van der Waals surface area contributed by atoms with E-state index in [9.17, 15) is 26.8 Å². The fourth-order valence-corrected chi connectivity index (χ4v) is 5.92. The van der Waals surface area contributed by atoms with E-state index < -0.39 is 50.4 Å². The maximum absolute atomic E-state index is 13.9. The van der Waals surface area contributed by atoms with Gasteiger partial charge < -0.3 is 15.0 Å². The van der Waals surface area contributed by atoms with Crippen LogP contribution >= 0.6 is 11.6 Å². The first-order chi connectivity index (χ1) is 16.6. The van der Waals surface area contributed by atoms with Gasteiger partial charge in [-0.1, -0.05) is 11.6 Å². The Kier molecular flexibility index (Phi) is 7.57. The number of carbonyl (C=O) groups excluding carboxylic acids is 1. The Morgan fingerprint density at radius 1 is 1.17 bits per heavy atom. The first-order valence-electron chi connectivity index (χ1n) is 11.0. The Morgan fingerprint density at radius 2 is 1.89 bits per heavy atom. The molecule has 1 saturated heterocycles. The largest absolute Gasteiger partial charge is 0.444 e. The number of halogens is 3. The standard InChI is InChI=1S/C21H24ClF2N5O5S/c22-19-17(10-25-27-20(19)30)29-8-7-15(11-29)34-21(31)26-13-2-4-14(5-3-13)28-35(32,33)18-9-12(23)1-6-16(18)24/h1,6,9-10,13-15,28H,2-5,7-8,11H2,(H,26,31)(H,27,30)/t13-,14-,15-/m1/s1. The number of hydrogen-bond acceptors (Lipinski definition) is 7. The Bertz CT molecular complexity index is 1250. The van der Waals surface area contributed by atoms with Gasteiger partial charge in [0.25, 0.3) is 5.56 Å². The molecule has 14 heteroatoms. The van der Waals surface area contributed by atoms with Crippen LogP contribution in [0.3, 0.4) is 0 Å². The van der Waals surface area contributed by atoms with Crippen LogP contribution < -0.4 is 20.5 Å². The van der Waals surface area contributed by atoms with Gasteiger partial charge in [-0.15, -0.1) is 0 Å². The zero-order chi connectivity index (χ0) is 25.2. The summed E-state index contributed by atoms with van der Waals surface area (Å²) in [6.07, 6.45) is 2.81. The average Bonchev–Trinajstić information content (AvgIpc) is 3.26. The lowest BCUT2D eigenvalue weighted by Gasteiger charge is -2.29. The molecule has 1 aliphatic heterocycles. The van der Waals surface area contributed by atoms with Gasteiger partial charge in [-0.25, -0.2) is 31.8 Å². The summed E-state index contributed by atoms with van der Waals surface area (Å²) in [5.41, 5.74) is -0.0222. The molecule has 190 valence electrons. The second-order valence-electron chi connectivity index (χ2n) is 8.55. The van der Waals surface area contributed by atoms with E-state index in [1.807, 2.05) is 4.90 Å². The molecule has 0 spiro atoms. The highest BCUT2D eigenvalue weighted by atomic mass is 35.5. The second kappa shape index (κ2) is 10.5. The van der Waals surface area contributed by atoms with Crippen LogP contribution in [0.5, 0.6) is 0 Å². The fraction of sp³-hybridized carbons (Fsp3) is 0.476. The van der Waals surface area contributed by atoms with Crippen LogP contribution in [0.15, 0.2) is 34.1 Å². The predicted molar refractivity (Wildman–Crippen MR) is 123 cm³/mol. The summed E-state index contributed by atoms with van der Waals surface area (Å²) in [5, 5.41) is 8.81. The van der Waals surface area contributed by atoms with Crippen LogP contribution in [-0.4, -0.2) is 56.0 Å². The molecule has 10 nitrogen and oxygen atoms in total. The molecule has 35 heavy (non-hydrogen) atoms. The summed E-state index contributed by atoms with van der Waals surface area (Å²) in [7, 11) is -4.22. The SMILES string of the molecule is O=C(N[C@H]1CC[C@H](NS(=O)(=O)c2cc(F)ccc2F)CC1)O[C@@H]1CCN(c2cn[nH]c(=O)c2Cl)C1. The highest BCUT2D eigenvalue weighted by Crippen LogP contribution is 2.26. The summed E-state index contributed by atoms with van der Waals surface area (Å²) >= 11 is 6.03. The number of H-pyrrole nitrogens is 1. The molecule has 0 bridgehead atoms. The highest BCUT2D eigenvalue weighted by Gasteiger charge is 2.31. The zero-order valence-electron chi connectivity index (χ0n) is 18.5. The lowest BCUT2D eigenvalue weighted by molar-refractivity contribution is 0.102. The van der Waals surface area contributed by atoms with Gasteiger partial charge in [0, 0.05) is 25.0 Å². The number of aromatic nitrogens is 2. The smallest absolute Gasteiger partial charge is 0.407 e. The van der Waals surface area contributed by atoms with Crippen molar-refractivity contribution in [2.75, 3.05) is 18.0 Å². The van der Waals surface area contributed by atoms with Crippen LogP contribution in [0.25, 0.3) is 0 Å². The van der Waals surface area contributed by atoms with E-state index in [0.717, 1.165) is 12.1 Å². The van der Waals surface area contributed by atoms with E-state index >= 15 is 0 Å². The maximum Gasteiger partial charge on any atom is 0.407 e. The van der Waals surface area contributed by atoms with Gasteiger partial charge in [-0.3, -0.25) is 4.79 Å². The quantitative estimate of drug-likeness (QED) is 0.521. The van der Waals surface area contributed by atoms with Crippen molar-refractivity contribution >= 4 is 33.4 Å². The highest BCUT2D eigenvalue weighted by molar-refractivity contribution is 7.89. The summed E-state index contributed by atoms with van der Waals surface area (Å²) in [6, 6.07) is 1.59. The van der Waals surface area contributed by atoms with Gasteiger partial charge in [-0.05, 0) is 43.9 Å². The van der Waals surface area contributed by atoms with Crippen LogP contribution in [0.1, 0.15) is 32.1 Å². The van der Waals surface area contributed by atoms with Crippen molar-refractivity contribution in [3.8, 4) is 0 Å². The van der Waals surface area contributed by atoms with Gasteiger partial charge in [0.1, 0.15) is 27.7 Å². The van der Waals surface area contributed by atoms with Crippen molar-refractivity contribution in [3.63, 3.8) is 0 Å². The van der Waals surface area contributed by atoms with Crippen LogP contribution in [0.4, 0.5) is 19.3 Å². The van der Waals surface area contributed by atoms with Crippen molar-refractivity contribution < 1.29 is 26.7 Å². The van der Waals surface area contributed by atoms with Crippen molar-refractivity contribution in [1.29, 1.82) is 0 Å². The number of sulfonamides is 1. The molecule has 2 aromatic rings. The lowest BCUT2D eigenvalue weighted by Crippen LogP contribution is -2.44.